The van der Waals surface area contributed by atoms with Crippen LogP contribution < -0.4 is 0 Å². The molecule has 2 fully saturated rings. The van der Waals surface area contributed by atoms with Crippen LogP contribution >= 0.6 is 0 Å². The summed E-state index contributed by atoms with van der Waals surface area (Å²) >= 11 is 0. The van der Waals surface area contributed by atoms with Gasteiger partial charge in [-0.2, -0.15) is 0 Å². The number of amides is 1. The molecular weight excluding hydrogens is 421 g/mol. The first-order valence-electron chi connectivity index (χ1n) is 11.1. The van der Waals surface area contributed by atoms with E-state index in [1.165, 1.54) is 12.1 Å². The number of esters is 1. The molecule has 168 valence electrons. The lowest BCUT2D eigenvalue weighted by Crippen LogP contribution is -2.51. The lowest BCUT2D eigenvalue weighted by molar-refractivity contribution is -0.166. The molecule has 2 aliphatic heterocycles. The van der Waals surface area contributed by atoms with Crippen LogP contribution in [0.2, 0.25) is 0 Å². The van der Waals surface area contributed by atoms with Crippen molar-refractivity contribution in [2.45, 2.75) is 31.2 Å². The largest absolute Gasteiger partial charge is 0.460 e. The Morgan fingerprint density at radius 2 is 1.61 bits per heavy atom. The van der Waals surface area contributed by atoms with Crippen LogP contribution in [-0.2, 0) is 25.7 Å². The van der Waals surface area contributed by atoms with Crippen LogP contribution in [0.4, 0.5) is 4.39 Å². The summed E-state index contributed by atoms with van der Waals surface area (Å²) in [5, 5.41) is 0. The van der Waals surface area contributed by atoms with Crippen molar-refractivity contribution in [2.75, 3.05) is 6.61 Å². The van der Waals surface area contributed by atoms with Crippen LogP contribution in [-0.4, -0.2) is 29.6 Å². The maximum atomic E-state index is 13.8. The van der Waals surface area contributed by atoms with E-state index in [1.807, 2.05) is 60.7 Å². The highest BCUT2D eigenvalue weighted by atomic mass is 19.1. The lowest BCUT2D eigenvalue weighted by Gasteiger charge is -2.40. The van der Waals surface area contributed by atoms with E-state index < -0.39 is 24.0 Å². The maximum absolute atomic E-state index is 13.8. The quantitative estimate of drug-likeness (QED) is 0.426. The van der Waals surface area contributed by atoms with E-state index in [-0.39, 0.29) is 24.4 Å². The Hall–Kier alpha value is -3.51. The minimum atomic E-state index is -1.02. The normalized spacial score (nSPS) is 24.4. The Kier molecular flexibility index (Phi) is 5.92. The smallest absolute Gasteiger partial charge is 0.319 e. The van der Waals surface area contributed by atoms with Gasteiger partial charge >= 0.3 is 5.97 Å². The number of rotatable bonds is 5. The van der Waals surface area contributed by atoms with Gasteiger partial charge in [0, 0.05) is 12.3 Å². The molecule has 0 aromatic heterocycles. The molecule has 5 rings (SSSR count). The molecular formula is C27H24FNO4. The van der Waals surface area contributed by atoms with Crippen LogP contribution in [0.5, 0.6) is 0 Å². The molecule has 3 aromatic carbocycles. The molecule has 0 N–H and O–H groups in total. The number of hydrogen-bond acceptors (Lipinski definition) is 4. The molecule has 0 bridgehead atoms. The Balaban J connectivity index is 1.45. The van der Waals surface area contributed by atoms with Crippen LogP contribution in [0.3, 0.4) is 0 Å². The van der Waals surface area contributed by atoms with Gasteiger partial charge in [-0.3, -0.25) is 9.59 Å². The molecule has 0 radical (unpaired) electrons. The number of hydrogen-bond donors (Lipinski definition) is 0. The van der Waals surface area contributed by atoms with Crippen molar-refractivity contribution in [1.29, 1.82) is 0 Å². The number of nitrogens with zero attached hydrogens (tertiary/aromatic N) is 1. The predicted octanol–water partition coefficient (Wildman–Crippen LogP) is 4.60. The number of benzene rings is 3. The summed E-state index contributed by atoms with van der Waals surface area (Å²) < 4.78 is 25.2. The second-order valence-corrected chi connectivity index (χ2v) is 8.42. The Morgan fingerprint density at radius 1 is 0.939 bits per heavy atom. The van der Waals surface area contributed by atoms with Gasteiger partial charge in [-0.25, -0.2) is 4.39 Å². The standard InChI is InChI=1S/C27H24FNO4/c28-21-13-11-19(12-14-21)22-15-24-29(23(17-32-24)20-9-5-2-6-10-20)26(30)25(22)27(31)33-16-18-7-3-1-4-8-18/h1-14,22-25H,15-17H2/t22-,23+,24+,25-/m1/s1. The third-order valence-electron chi connectivity index (χ3n) is 6.43. The zero-order chi connectivity index (χ0) is 22.8. The maximum Gasteiger partial charge on any atom is 0.319 e. The second kappa shape index (κ2) is 9.16. The number of carbonyl (C=O) groups excluding carboxylic acids is 2. The van der Waals surface area contributed by atoms with Gasteiger partial charge in [-0.1, -0.05) is 72.8 Å². The third-order valence-corrected chi connectivity index (χ3v) is 6.43. The zero-order valence-corrected chi connectivity index (χ0v) is 18.0. The fraction of sp³-hybridized carbons (Fsp3) is 0.259. The molecule has 0 unspecified atom stereocenters. The average molecular weight is 445 g/mol. The molecule has 1 amide bonds. The fourth-order valence-electron chi connectivity index (χ4n) is 4.78. The first-order valence-corrected chi connectivity index (χ1v) is 11.1. The lowest BCUT2D eigenvalue weighted by atomic mass is 9.78. The fourth-order valence-corrected chi connectivity index (χ4v) is 4.78. The van der Waals surface area contributed by atoms with Crippen molar-refractivity contribution in [3.8, 4) is 0 Å². The van der Waals surface area contributed by atoms with Crippen LogP contribution in [0.1, 0.15) is 35.1 Å². The van der Waals surface area contributed by atoms with E-state index in [0.29, 0.717) is 13.0 Å². The summed E-state index contributed by atoms with van der Waals surface area (Å²) in [5.74, 6) is -2.74. The van der Waals surface area contributed by atoms with Crippen molar-refractivity contribution in [2.24, 2.45) is 5.92 Å². The molecule has 2 saturated heterocycles. The second-order valence-electron chi connectivity index (χ2n) is 8.42. The highest BCUT2D eigenvalue weighted by Gasteiger charge is 2.52. The number of halogens is 1. The third kappa shape index (κ3) is 4.26. The number of carbonyl (C=O) groups is 2. The summed E-state index contributed by atoms with van der Waals surface area (Å²) in [7, 11) is 0. The van der Waals surface area contributed by atoms with Crippen LogP contribution in [0.25, 0.3) is 0 Å². The number of ether oxygens (including phenoxy) is 2. The first kappa shape index (κ1) is 21.3. The average Bonchev–Trinajstić information content (AvgIpc) is 3.29. The molecule has 33 heavy (non-hydrogen) atoms. The highest BCUT2D eigenvalue weighted by Crippen LogP contribution is 2.44. The zero-order valence-electron chi connectivity index (χ0n) is 18.0. The Labute approximate surface area is 191 Å². The SMILES string of the molecule is O=C(OCc1ccccc1)[C@H]1C(=O)N2[C@H](C[C@@H]1c1ccc(F)cc1)OC[C@H]2c1ccccc1. The summed E-state index contributed by atoms with van der Waals surface area (Å²) in [4.78, 5) is 28.7. The van der Waals surface area contributed by atoms with Crippen molar-refractivity contribution in [3.63, 3.8) is 0 Å². The van der Waals surface area contributed by atoms with Gasteiger partial charge in [-0.05, 0) is 28.8 Å². The molecule has 6 heteroatoms. The van der Waals surface area contributed by atoms with E-state index in [1.54, 1.807) is 17.0 Å². The Bertz CT molecular complexity index is 1120. The van der Waals surface area contributed by atoms with Gasteiger partial charge in [-0.15, -0.1) is 0 Å². The minimum absolute atomic E-state index is 0.0850. The predicted molar refractivity (Wildman–Crippen MR) is 119 cm³/mol. The number of piperidine rings is 1. The van der Waals surface area contributed by atoms with Gasteiger partial charge in [0.1, 0.15) is 24.6 Å². The summed E-state index contributed by atoms with van der Waals surface area (Å²) in [6.45, 7) is 0.448. The molecule has 3 aromatic rings. The van der Waals surface area contributed by atoms with E-state index in [0.717, 1.165) is 16.7 Å². The molecule has 5 nitrogen and oxygen atoms in total. The first-order chi connectivity index (χ1) is 16.1. The summed E-state index contributed by atoms with van der Waals surface area (Å²) in [5.41, 5.74) is 2.53. The number of fused-ring (bicyclic) bond motifs is 1. The molecule has 2 aliphatic rings. The molecule has 0 spiro atoms. The van der Waals surface area contributed by atoms with E-state index in [9.17, 15) is 14.0 Å². The van der Waals surface area contributed by atoms with Crippen LogP contribution in [0, 0.1) is 11.7 Å². The van der Waals surface area contributed by atoms with Crippen molar-refractivity contribution < 1.29 is 23.5 Å². The molecule has 0 aliphatic carbocycles. The molecule has 0 saturated carbocycles. The van der Waals surface area contributed by atoms with Crippen molar-refractivity contribution in [1.82, 2.24) is 4.90 Å². The van der Waals surface area contributed by atoms with Gasteiger partial charge in [0.15, 0.2) is 0 Å². The van der Waals surface area contributed by atoms with Crippen molar-refractivity contribution >= 4 is 11.9 Å². The highest BCUT2D eigenvalue weighted by molar-refractivity contribution is 6.00. The summed E-state index contributed by atoms with van der Waals surface area (Å²) in [6, 6.07) is 24.7. The van der Waals surface area contributed by atoms with Crippen molar-refractivity contribution in [3.05, 3.63) is 107 Å². The molecule has 4 atom stereocenters. The van der Waals surface area contributed by atoms with E-state index >= 15 is 0 Å². The summed E-state index contributed by atoms with van der Waals surface area (Å²) in [6.07, 6.45) is -0.0119. The van der Waals surface area contributed by atoms with E-state index in [2.05, 4.69) is 0 Å². The van der Waals surface area contributed by atoms with Gasteiger partial charge in [0.25, 0.3) is 0 Å². The Morgan fingerprint density at radius 3 is 2.30 bits per heavy atom. The topological polar surface area (TPSA) is 55.8 Å². The van der Waals surface area contributed by atoms with E-state index in [4.69, 9.17) is 9.47 Å². The van der Waals surface area contributed by atoms with Gasteiger partial charge in [0.2, 0.25) is 5.91 Å². The van der Waals surface area contributed by atoms with Gasteiger partial charge < -0.3 is 14.4 Å². The minimum Gasteiger partial charge on any atom is -0.460 e. The van der Waals surface area contributed by atoms with Crippen LogP contribution in [0.15, 0.2) is 84.9 Å². The molecule has 2 heterocycles. The van der Waals surface area contributed by atoms with Gasteiger partial charge in [0.05, 0.1) is 12.6 Å². The monoisotopic (exact) mass is 445 g/mol.